The number of hydrogen-bond acceptors (Lipinski definition) is 4. The second-order valence-corrected chi connectivity index (χ2v) is 9.29. The fourth-order valence-corrected chi connectivity index (χ4v) is 4.02. The average molecular weight is 483 g/mol. The topological polar surface area (TPSA) is 84.8 Å². The number of rotatable bonds is 3. The van der Waals surface area contributed by atoms with E-state index >= 15 is 4.39 Å². The molecule has 3 rings (SSSR count). The minimum Gasteiger partial charge on any atom is -0.492 e. The van der Waals surface area contributed by atoms with Crippen molar-refractivity contribution in [1.29, 1.82) is 0 Å². The van der Waals surface area contributed by atoms with E-state index in [-0.39, 0.29) is 25.4 Å². The number of carbonyl (C=O) groups is 1. The van der Waals surface area contributed by atoms with Gasteiger partial charge in [0.15, 0.2) is 0 Å². The standard InChI is InChI=1S/C23H25F3N2O4S/c24-22-17-6-3-8-19(22)18-7-1-2-9-20(18)32-14-12-21(29)27-13-4-5-16(10-11-17)15-28-33(30,31)23(25)26/h1-3,6-9,15-16,23H,4-5,10-14H2,(H,27,29)/b28-15+. The van der Waals surface area contributed by atoms with Gasteiger partial charge in [0.2, 0.25) is 5.91 Å². The normalized spacial score (nSPS) is 18.5. The molecular formula is C23H25F3N2O4S. The molecule has 1 unspecified atom stereocenters. The van der Waals surface area contributed by atoms with Crippen LogP contribution >= 0.6 is 0 Å². The van der Waals surface area contributed by atoms with Crippen molar-refractivity contribution in [2.75, 3.05) is 13.2 Å². The Balaban J connectivity index is 1.91. The van der Waals surface area contributed by atoms with E-state index in [1.54, 1.807) is 42.5 Å². The number of sulfonamides is 1. The van der Waals surface area contributed by atoms with Crippen LogP contribution in [0.25, 0.3) is 11.1 Å². The second-order valence-electron chi connectivity index (χ2n) is 7.69. The van der Waals surface area contributed by atoms with Crippen LogP contribution in [0.2, 0.25) is 0 Å². The zero-order chi connectivity index (χ0) is 23.8. The highest BCUT2D eigenvalue weighted by Crippen LogP contribution is 2.33. The maximum absolute atomic E-state index is 15.4. The Morgan fingerprint density at radius 1 is 1.06 bits per heavy atom. The number of benzene rings is 2. The molecule has 178 valence electrons. The maximum Gasteiger partial charge on any atom is 0.357 e. The van der Waals surface area contributed by atoms with Gasteiger partial charge in [-0.1, -0.05) is 36.4 Å². The Morgan fingerprint density at radius 2 is 1.82 bits per heavy atom. The van der Waals surface area contributed by atoms with Gasteiger partial charge in [0.1, 0.15) is 11.6 Å². The van der Waals surface area contributed by atoms with Crippen molar-refractivity contribution in [2.24, 2.45) is 10.3 Å². The molecule has 1 heterocycles. The van der Waals surface area contributed by atoms with E-state index < -0.39 is 27.5 Å². The molecule has 1 amide bonds. The monoisotopic (exact) mass is 482 g/mol. The summed E-state index contributed by atoms with van der Waals surface area (Å²) in [6.07, 6.45) is 2.52. The van der Waals surface area contributed by atoms with Crippen molar-refractivity contribution in [3.63, 3.8) is 0 Å². The Kier molecular flexibility index (Phi) is 8.49. The van der Waals surface area contributed by atoms with Gasteiger partial charge in [0, 0.05) is 23.9 Å². The fraction of sp³-hybridized carbons (Fsp3) is 0.391. The third-order valence-corrected chi connectivity index (χ3v) is 6.21. The van der Waals surface area contributed by atoms with Gasteiger partial charge in [-0.2, -0.15) is 21.6 Å². The van der Waals surface area contributed by atoms with E-state index in [0.29, 0.717) is 48.2 Å². The van der Waals surface area contributed by atoms with Gasteiger partial charge >= 0.3 is 15.8 Å². The van der Waals surface area contributed by atoms with E-state index in [1.165, 1.54) is 0 Å². The largest absolute Gasteiger partial charge is 0.492 e. The molecule has 2 bridgehead atoms. The fourth-order valence-electron chi connectivity index (χ4n) is 3.58. The molecule has 0 fully saturated rings. The SMILES string of the molecule is O=C1CCOc2ccccc2-c2cccc(c2F)CCC(/C=N/S(=O)(=O)C(F)F)CCCN1. The molecule has 6 nitrogen and oxygen atoms in total. The Labute approximate surface area is 190 Å². The number of para-hydroxylation sites is 1. The molecule has 1 aliphatic rings. The van der Waals surface area contributed by atoms with Crippen LogP contribution in [0.4, 0.5) is 13.2 Å². The molecule has 33 heavy (non-hydrogen) atoms. The summed E-state index contributed by atoms with van der Waals surface area (Å²) in [6.45, 7) is 0.441. The number of halogens is 3. The summed E-state index contributed by atoms with van der Waals surface area (Å²) >= 11 is 0. The van der Waals surface area contributed by atoms with Crippen LogP contribution in [0.5, 0.6) is 5.75 Å². The van der Waals surface area contributed by atoms with Crippen molar-refractivity contribution in [3.8, 4) is 16.9 Å². The van der Waals surface area contributed by atoms with Crippen molar-refractivity contribution in [3.05, 3.63) is 53.8 Å². The molecule has 0 saturated carbocycles. The zero-order valence-corrected chi connectivity index (χ0v) is 18.7. The summed E-state index contributed by atoms with van der Waals surface area (Å²) in [7, 11) is -4.89. The summed E-state index contributed by atoms with van der Waals surface area (Å²) in [4.78, 5) is 12.1. The van der Waals surface area contributed by atoms with Crippen LogP contribution in [0.3, 0.4) is 0 Å². The summed E-state index contributed by atoms with van der Waals surface area (Å²) in [5.41, 5.74) is 1.30. The van der Waals surface area contributed by atoms with Gasteiger partial charge in [-0.05, 0) is 43.2 Å². The molecule has 10 heteroatoms. The Hall–Kier alpha value is -2.88. The molecule has 1 aliphatic heterocycles. The molecule has 0 aliphatic carbocycles. The number of hydrogen-bond donors (Lipinski definition) is 1. The third kappa shape index (κ3) is 6.80. The molecule has 1 N–H and O–H groups in total. The first-order chi connectivity index (χ1) is 15.8. The number of nitrogens with one attached hydrogen (secondary N) is 1. The number of nitrogens with zero attached hydrogens (tertiary/aromatic N) is 1. The predicted molar refractivity (Wildman–Crippen MR) is 119 cm³/mol. The number of fused-ring (bicyclic) bond motifs is 4. The predicted octanol–water partition coefficient (Wildman–Crippen LogP) is 4.34. The zero-order valence-electron chi connectivity index (χ0n) is 17.8. The number of amides is 1. The van der Waals surface area contributed by atoms with Crippen molar-refractivity contribution >= 4 is 22.1 Å². The molecule has 2 aromatic carbocycles. The van der Waals surface area contributed by atoms with Gasteiger partial charge in [0.25, 0.3) is 0 Å². The van der Waals surface area contributed by atoms with E-state index in [9.17, 15) is 22.0 Å². The van der Waals surface area contributed by atoms with Gasteiger partial charge < -0.3 is 10.1 Å². The van der Waals surface area contributed by atoms with Crippen molar-refractivity contribution in [1.82, 2.24) is 5.32 Å². The van der Waals surface area contributed by atoms with Crippen molar-refractivity contribution in [2.45, 2.75) is 37.9 Å². The van der Waals surface area contributed by atoms with Crippen LogP contribution in [0, 0.1) is 11.7 Å². The first-order valence-electron chi connectivity index (χ1n) is 10.6. The second kappa shape index (κ2) is 11.3. The minimum atomic E-state index is -4.89. The number of aryl methyl sites for hydroxylation is 1. The molecule has 0 saturated heterocycles. The lowest BCUT2D eigenvalue weighted by Crippen LogP contribution is -2.26. The van der Waals surface area contributed by atoms with Crippen molar-refractivity contribution < 1.29 is 31.1 Å². The van der Waals surface area contributed by atoms with Gasteiger partial charge in [-0.3, -0.25) is 4.79 Å². The first kappa shape index (κ1) is 24.8. The highest BCUT2D eigenvalue weighted by Gasteiger charge is 2.23. The quantitative estimate of drug-likeness (QED) is 0.660. The molecule has 0 radical (unpaired) electrons. The highest BCUT2D eigenvalue weighted by atomic mass is 32.2. The van der Waals surface area contributed by atoms with Crippen LogP contribution in [-0.2, 0) is 21.2 Å². The Bertz CT molecular complexity index is 1110. The van der Waals surface area contributed by atoms with Gasteiger partial charge in [0.05, 0.1) is 13.0 Å². The van der Waals surface area contributed by atoms with Crippen LogP contribution in [-0.4, -0.2) is 39.4 Å². The lowest BCUT2D eigenvalue weighted by Gasteiger charge is -2.16. The lowest BCUT2D eigenvalue weighted by atomic mass is 9.93. The first-order valence-corrected chi connectivity index (χ1v) is 12.1. The molecule has 0 aromatic heterocycles. The molecule has 0 spiro atoms. The maximum atomic E-state index is 15.4. The number of ether oxygens (including phenoxy) is 1. The average Bonchev–Trinajstić information content (AvgIpc) is 2.78. The molecule has 2 aromatic rings. The van der Waals surface area contributed by atoms with Crippen LogP contribution in [0.15, 0.2) is 46.9 Å². The highest BCUT2D eigenvalue weighted by molar-refractivity contribution is 7.90. The summed E-state index contributed by atoms with van der Waals surface area (Å²) in [5, 5.41) is 2.75. The van der Waals surface area contributed by atoms with E-state index in [2.05, 4.69) is 9.71 Å². The molecular weight excluding hydrogens is 457 g/mol. The van der Waals surface area contributed by atoms with Gasteiger partial charge in [-0.15, -0.1) is 0 Å². The van der Waals surface area contributed by atoms with Crippen LogP contribution in [0.1, 0.15) is 31.2 Å². The van der Waals surface area contributed by atoms with E-state index in [4.69, 9.17) is 4.74 Å². The smallest absolute Gasteiger partial charge is 0.357 e. The third-order valence-electron chi connectivity index (χ3n) is 5.34. The number of carbonyl (C=O) groups excluding carboxylic acids is 1. The number of alkyl halides is 2. The Morgan fingerprint density at radius 3 is 2.61 bits per heavy atom. The van der Waals surface area contributed by atoms with E-state index in [0.717, 1.165) is 6.21 Å². The summed E-state index contributed by atoms with van der Waals surface area (Å²) in [6, 6.07) is 11.9. The van der Waals surface area contributed by atoms with Crippen LogP contribution < -0.4 is 10.1 Å². The summed E-state index contributed by atoms with van der Waals surface area (Å²) < 4.78 is 72.3. The summed E-state index contributed by atoms with van der Waals surface area (Å²) in [5.74, 6) is -4.29. The van der Waals surface area contributed by atoms with Gasteiger partial charge in [-0.25, -0.2) is 4.39 Å². The minimum absolute atomic E-state index is 0.106. The van der Waals surface area contributed by atoms with E-state index in [1.807, 2.05) is 0 Å². The molecule has 1 atom stereocenters. The lowest BCUT2D eigenvalue weighted by molar-refractivity contribution is -0.121.